The molecule has 1 saturated heterocycles. The Labute approximate surface area is 236 Å². The molecule has 0 bridgehead atoms. The minimum Gasteiger partial charge on any atom is -0.497 e. The summed E-state index contributed by atoms with van der Waals surface area (Å²) in [6.07, 6.45) is 2.15. The topological polar surface area (TPSA) is 66.8 Å². The molecule has 1 fully saturated rings. The number of halogens is 1. The number of benzene rings is 2. The van der Waals surface area contributed by atoms with Crippen LogP contribution in [0.25, 0.3) is 10.9 Å². The van der Waals surface area contributed by atoms with Crippen LogP contribution in [0.15, 0.2) is 48.5 Å². The largest absolute Gasteiger partial charge is 0.497 e. The normalized spacial score (nSPS) is 23.6. The van der Waals surface area contributed by atoms with Crippen LogP contribution in [0.1, 0.15) is 49.7 Å². The number of fused-ring (bicyclic) bond motifs is 3. The summed E-state index contributed by atoms with van der Waals surface area (Å²) in [5.41, 5.74) is 1.14. The predicted molar refractivity (Wildman–Crippen MR) is 155 cm³/mol. The first kappa shape index (κ1) is 27.5. The monoisotopic (exact) mass is 550 g/mol. The second-order valence-corrected chi connectivity index (χ2v) is 12.0. The molecular formula is C31H39ClN4O3. The number of hydrogen-bond donors (Lipinski definition) is 1. The number of amides is 2. The Hall–Kier alpha value is -3.03. The predicted octanol–water partition coefficient (Wildman–Crippen LogP) is 5.20. The quantitative estimate of drug-likeness (QED) is 0.391. The van der Waals surface area contributed by atoms with Gasteiger partial charge in [0.15, 0.2) is 0 Å². The van der Waals surface area contributed by atoms with Gasteiger partial charge in [0.1, 0.15) is 17.0 Å². The molecular weight excluding hydrogens is 512 g/mol. The average Bonchev–Trinajstić information content (AvgIpc) is 3.26. The van der Waals surface area contributed by atoms with Crippen molar-refractivity contribution in [3.63, 3.8) is 0 Å². The summed E-state index contributed by atoms with van der Waals surface area (Å²) in [5.74, 6) is 1.78. The van der Waals surface area contributed by atoms with Gasteiger partial charge in [0.2, 0.25) is 5.91 Å². The second-order valence-electron chi connectivity index (χ2n) is 11.6. The van der Waals surface area contributed by atoms with Crippen LogP contribution >= 0.6 is 11.6 Å². The fraction of sp³-hybridized carbons (Fsp3) is 0.484. The molecule has 208 valence electrons. The van der Waals surface area contributed by atoms with Gasteiger partial charge in [-0.2, -0.15) is 0 Å². The molecule has 8 heteroatoms. The van der Waals surface area contributed by atoms with Gasteiger partial charge >= 0.3 is 0 Å². The number of aromatic nitrogens is 1. The maximum atomic E-state index is 14.0. The zero-order valence-corrected chi connectivity index (χ0v) is 24.1. The van der Waals surface area contributed by atoms with E-state index >= 15 is 0 Å². The van der Waals surface area contributed by atoms with E-state index in [2.05, 4.69) is 24.1 Å². The SMILES string of the molecule is COc1ccc2cc3n(c2c1)C[C@](C)(C(=O)NCCCN1C[C@@H](C)C[C@H](C)C1)N(Cc1ccccc1Cl)C3=O. The number of nitrogens with one attached hydrogen (secondary N) is 1. The molecule has 5 rings (SSSR count). The Kier molecular flexibility index (Phi) is 7.92. The van der Waals surface area contributed by atoms with Gasteiger partial charge in [0, 0.05) is 42.7 Å². The molecule has 1 N–H and O–H groups in total. The van der Waals surface area contributed by atoms with E-state index in [1.165, 1.54) is 6.42 Å². The van der Waals surface area contributed by atoms with Gasteiger partial charge < -0.3 is 24.4 Å². The summed E-state index contributed by atoms with van der Waals surface area (Å²) in [7, 11) is 1.63. The van der Waals surface area contributed by atoms with Crippen LogP contribution in [-0.4, -0.2) is 65.0 Å². The third-order valence-electron chi connectivity index (χ3n) is 8.29. The van der Waals surface area contributed by atoms with Crippen molar-refractivity contribution in [2.45, 2.75) is 52.2 Å². The summed E-state index contributed by atoms with van der Waals surface area (Å²) in [4.78, 5) is 32.1. The number of nitrogens with zero attached hydrogens (tertiary/aromatic N) is 3. The highest BCUT2D eigenvalue weighted by Crippen LogP contribution is 2.35. The number of rotatable bonds is 8. The number of methoxy groups -OCH3 is 1. The lowest BCUT2D eigenvalue weighted by Gasteiger charge is -2.44. The van der Waals surface area contributed by atoms with Crippen LogP contribution in [0.4, 0.5) is 0 Å². The van der Waals surface area contributed by atoms with Gasteiger partial charge in [-0.25, -0.2) is 0 Å². The first-order valence-corrected chi connectivity index (χ1v) is 14.3. The van der Waals surface area contributed by atoms with Gasteiger partial charge in [0.25, 0.3) is 5.91 Å². The van der Waals surface area contributed by atoms with Crippen LogP contribution in [0.2, 0.25) is 5.02 Å². The molecule has 3 heterocycles. The van der Waals surface area contributed by atoms with Gasteiger partial charge in [-0.05, 0) is 68.0 Å². The van der Waals surface area contributed by atoms with E-state index in [9.17, 15) is 9.59 Å². The number of hydrogen-bond acceptors (Lipinski definition) is 4. The number of ether oxygens (including phenoxy) is 1. The summed E-state index contributed by atoms with van der Waals surface area (Å²) < 4.78 is 7.40. The molecule has 0 saturated carbocycles. The lowest BCUT2D eigenvalue weighted by molar-refractivity contribution is -0.133. The maximum Gasteiger partial charge on any atom is 0.271 e. The van der Waals surface area contributed by atoms with Gasteiger partial charge in [-0.3, -0.25) is 9.59 Å². The van der Waals surface area contributed by atoms with E-state index in [0.29, 0.717) is 41.4 Å². The Balaban J connectivity index is 1.39. The third kappa shape index (κ3) is 5.52. The molecule has 0 unspecified atom stereocenters. The van der Waals surface area contributed by atoms with Crippen molar-refractivity contribution < 1.29 is 14.3 Å². The zero-order chi connectivity index (χ0) is 27.7. The van der Waals surface area contributed by atoms with Crippen LogP contribution in [0.3, 0.4) is 0 Å². The van der Waals surface area contributed by atoms with E-state index in [-0.39, 0.29) is 18.4 Å². The van der Waals surface area contributed by atoms with Crippen LogP contribution < -0.4 is 10.1 Å². The fourth-order valence-corrected chi connectivity index (χ4v) is 6.57. The third-order valence-corrected chi connectivity index (χ3v) is 8.66. The van der Waals surface area contributed by atoms with Crippen LogP contribution in [0, 0.1) is 11.8 Å². The molecule has 7 nitrogen and oxygen atoms in total. The standard InChI is InChI=1S/C31H39ClN4O3/c1-21-14-22(2)18-34(17-21)13-7-12-33-30(38)31(3)20-35-27-16-25(39-4)11-10-23(27)15-28(35)29(37)36(31)19-24-8-5-6-9-26(24)32/h5-6,8-11,15-16,21-22H,7,12-14,17-20H2,1-4H3,(H,33,38)/t21-,22-,31+/m0/s1. The van der Waals surface area contributed by atoms with Crippen molar-refractivity contribution in [1.29, 1.82) is 0 Å². The van der Waals surface area contributed by atoms with E-state index in [1.807, 2.05) is 60.0 Å². The van der Waals surface area contributed by atoms with Crippen molar-refractivity contribution >= 4 is 34.3 Å². The van der Waals surface area contributed by atoms with Crippen molar-refractivity contribution in [3.8, 4) is 5.75 Å². The molecule has 3 atom stereocenters. The second kappa shape index (κ2) is 11.2. The number of piperidine rings is 1. The van der Waals surface area contributed by atoms with Crippen LogP contribution in [-0.2, 0) is 17.9 Å². The number of carbonyl (C=O) groups is 2. The molecule has 2 aromatic carbocycles. The summed E-state index contributed by atoms with van der Waals surface area (Å²) >= 11 is 6.50. The Morgan fingerprint density at radius 1 is 1.13 bits per heavy atom. The highest BCUT2D eigenvalue weighted by molar-refractivity contribution is 6.31. The van der Waals surface area contributed by atoms with Gasteiger partial charge in [0.05, 0.1) is 19.2 Å². The van der Waals surface area contributed by atoms with Crippen molar-refractivity contribution in [2.75, 3.05) is 33.3 Å². The lowest BCUT2D eigenvalue weighted by atomic mass is 9.92. The Morgan fingerprint density at radius 3 is 2.59 bits per heavy atom. The minimum atomic E-state index is -1.10. The molecule has 2 aliphatic heterocycles. The number of likely N-dealkylation sites (tertiary alicyclic amines) is 1. The zero-order valence-electron chi connectivity index (χ0n) is 23.4. The molecule has 1 aromatic heterocycles. The molecule has 2 amide bonds. The summed E-state index contributed by atoms with van der Waals surface area (Å²) in [6, 6.07) is 15.1. The van der Waals surface area contributed by atoms with E-state index in [1.54, 1.807) is 12.0 Å². The highest BCUT2D eigenvalue weighted by Gasteiger charge is 2.47. The smallest absolute Gasteiger partial charge is 0.271 e. The van der Waals surface area contributed by atoms with Crippen LogP contribution in [0.5, 0.6) is 5.75 Å². The fourth-order valence-electron chi connectivity index (χ4n) is 6.37. The van der Waals surface area contributed by atoms with Crippen molar-refractivity contribution in [3.05, 3.63) is 64.8 Å². The number of carbonyl (C=O) groups excluding carboxylic acids is 2. The molecule has 0 spiro atoms. The van der Waals surface area contributed by atoms with Gasteiger partial charge in [-0.15, -0.1) is 0 Å². The molecule has 39 heavy (non-hydrogen) atoms. The van der Waals surface area contributed by atoms with E-state index in [4.69, 9.17) is 16.3 Å². The Morgan fingerprint density at radius 2 is 1.87 bits per heavy atom. The molecule has 3 aromatic rings. The Bertz CT molecular complexity index is 1360. The highest BCUT2D eigenvalue weighted by atomic mass is 35.5. The van der Waals surface area contributed by atoms with E-state index in [0.717, 1.165) is 42.5 Å². The van der Waals surface area contributed by atoms with Crippen molar-refractivity contribution in [2.24, 2.45) is 11.8 Å². The molecule has 0 radical (unpaired) electrons. The minimum absolute atomic E-state index is 0.154. The summed E-state index contributed by atoms with van der Waals surface area (Å²) in [6.45, 7) is 10.8. The lowest BCUT2D eigenvalue weighted by Crippen LogP contribution is -2.63. The summed E-state index contributed by atoms with van der Waals surface area (Å²) in [5, 5.41) is 4.68. The van der Waals surface area contributed by atoms with Crippen molar-refractivity contribution in [1.82, 2.24) is 19.7 Å². The van der Waals surface area contributed by atoms with Gasteiger partial charge in [-0.1, -0.05) is 43.6 Å². The first-order chi connectivity index (χ1) is 18.7. The first-order valence-electron chi connectivity index (χ1n) is 13.9. The van der Waals surface area contributed by atoms with E-state index < -0.39 is 5.54 Å². The average molecular weight is 551 g/mol. The maximum absolute atomic E-state index is 14.0. The molecule has 0 aliphatic carbocycles. The molecule has 2 aliphatic rings.